The normalized spacial score (nSPS) is 10.5. The van der Waals surface area contributed by atoms with Gasteiger partial charge >= 0.3 is 0 Å². The number of ether oxygens (including phenoxy) is 4. The first-order chi connectivity index (χ1) is 14.0. The summed E-state index contributed by atoms with van der Waals surface area (Å²) in [6, 6.07) is 10.2. The van der Waals surface area contributed by atoms with Gasteiger partial charge in [0.05, 0.1) is 34.0 Å². The lowest BCUT2D eigenvalue weighted by Crippen LogP contribution is -2.26. The van der Waals surface area contributed by atoms with E-state index in [0.717, 1.165) is 5.39 Å². The highest BCUT2D eigenvalue weighted by molar-refractivity contribution is 5.95. The molecule has 0 aliphatic rings. The third-order valence-electron chi connectivity index (χ3n) is 4.50. The van der Waals surface area contributed by atoms with E-state index in [1.54, 1.807) is 37.4 Å². The van der Waals surface area contributed by atoms with Crippen molar-refractivity contribution in [2.45, 2.75) is 6.54 Å². The van der Waals surface area contributed by atoms with Crippen LogP contribution in [0, 0.1) is 0 Å². The lowest BCUT2D eigenvalue weighted by Gasteiger charge is -2.14. The van der Waals surface area contributed by atoms with Crippen molar-refractivity contribution in [3.8, 4) is 23.0 Å². The predicted molar refractivity (Wildman–Crippen MR) is 108 cm³/mol. The Labute approximate surface area is 167 Å². The number of carbonyl (C=O) groups is 1. The molecule has 0 unspecified atom stereocenters. The third kappa shape index (κ3) is 4.11. The van der Waals surface area contributed by atoms with E-state index >= 15 is 0 Å². The van der Waals surface area contributed by atoms with Crippen molar-refractivity contribution in [2.75, 3.05) is 28.4 Å². The van der Waals surface area contributed by atoms with Crippen molar-refractivity contribution in [3.05, 3.63) is 57.9 Å². The first-order valence-corrected chi connectivity index (χ1v) is 8.78. The van der Waals surface area contributed by atoms with Gasteiger partial charge in [-0.2, -0.15) is 0 Å². The Morgan fingerprint density at radius 3 is 2.21 bits per heavy atom. The number of nitrogens with one attached hydrogen (secondary N) is 2. The summed E-state index contributed by atoms with van der Waals surface area (Å²) in [5.74, 6) is 1.41. The van der Waals surface area contributed by atoms with E-state index in [9.17, 15) is 9.59 Å². The van der Waals surface area contributed by atoms with Gasteiger partial charge in [0.2, 0.25) is 5.75 Å². The van der Waals surface area contributed by atoms with Gasteiger partial charge in [0.15, 0.2) is 11.5 Å². The van der Waals surface area contributed by atoms with Crippen LogP contribution in [0.3, 0.4) is 0 Å². The minimum Gasteiger partial charge on any atom is -0.497 e. The molecule has 3 aromatic rings. The second-order valence-corrected chi connectivity index (χ2v) is 6.17. The molecular formula is C21H22N2O6. The molecule has 2 N–H and O–H groups in total. The highest BCUT2D eigenvalue weighted by atomic mass is 16.5. The maximum absolute atomic E-state index is 12.6. The fourth-order valence-corrected chi connectivity index (χ4v) is 2.97. The summed E-state index contributed by atoms with van der Waals surface area (Å²) < 4.78 is 21.0. The fraction of sp³-hybridized carbons (Fsp3) is 0.238. The van der Waals surface area contributed by atoms with Crippen molar-refractivity contribution in [3.63, 3.8) is 0 Å². The fourth-order valence-electron chi connectivity index (χ4n) is 2.97. The summed E-state index contributed by atoms with van der Waals surface area (Å²) in [5, 5.41) is 3.58. The molecule has 1 amide bonds. The highest BCUT2D eigenvalue weighted by Gasteiger charge is 2.17. The number of fused-ring (bicyclic) bond motifs is 1. The molecule has 0 bridgehead atoms. The molecule has 8 heteroatoms. The van der Waals surface area contributed by atoms with Crippen LogP contribution < -0.4 is 29.8 Å². The van der Waals surface area contributed by atoms with E-state index in [0.29, 0.717) is 39.6 Å². The lowest BCUT2D eigenvalue weighted by molar-refractivity contribution is 0.0950. The van der Waals surface area contributed by atoms with Gasteiger partial charge in [-0.15, -0.1) is 0 Å². The quantitative estimate of drug-likeness (QED) is 0.634. The van der Waals surface area contributed by atoms with Gasteiger partial charge in [-0.25, -0.2) is 0 Å². The van der Waals surface area contributed by atoms with E-state index in [1.165, 1.54) is 21.3 Å². The van der Waals surface area contributed by atoms with Crippen molar-refractivity contribution in [1.82, 2.24) is 10.3 Å². The number of carbonyl (C=O) groups excluding carboxylic acids is 1. The number of hydrogen-bond donors (Lipinski definition) is 2. The Hall–Kier alpha value is -3.68. The van der Waals surface area contributed by atoms with Crippen molar-refractivity contribution < 1.29 is 23.7 Å². The van der Waals surface area contributed by atoms with Gasteiger partial charge in [0.1, 0.15) is 5.75 Å². The zero-order chi connectivity index (χ0) is 21.0. The minimum atomic E-state index is -0.376. The molecule has 2 aromatic carbocycles. The van der Waals surface area contributed by atoms with Crippen LogP contribution in [0.15, 0.2) is 41.2 Å². The Bertz CT molecular complexity index is 1080. The van der Waals surface area contributed by atoms with Gasteiger partial charge < -0.3 is 29.2 Å². The van der Waals surface area contributed by atoms with E-state index in [4.69, 9.17) is 18.9 Å². The minimum absolute atomic E-state index is 0.0623. The molecule has 0 fully saturated rings. The number of methoxy groups -OCH3 is 4. The monoisotopic (exact) mass is 398 g/mol. The second kappa shape index (κ2) is 8.55. The number of hydrogen-bond acceptors (Lipinski definition) is 6. The number of H-pyrrole nitrogens is 1. The molecule has 3 rings (SSSR count). The van der Waals surface area contributed by atoms with Crippen LogP contribution in [0.1, 0.15) is 15.9 Å². The summed E-state index contributed by atoms with van der Waals surface area (Å²) in [4.78, 5) is 27.8. The predicted octanol–water partition coefficient (Wildman–Crippen LogP) is 2.49. The van der Waals surface area contributed by atoms with Crippen LogP contribution in [0.2, 0.25) is 0 Å². The molecule has 1 heterocycles. The van der Waals surface area contributed by atoms with Crippen molar-refractivity contribution >= 4 is 16.8 Å². The average molecular weight is 398 g/mol. The Morgan fingerprint density at radius 2 is 1.62 bits per heavy atom. The Morgan fingerprint density at radius 1 is 0.931 bits per heavy atom. The van der Waals surface area contributed by atoms with Crippen molar-refractivity contribution in [2.24, 2.45) is 0 Å². The first kappa shape index (κ1) is 20.1. The molecule has 0 saturated carbocycles. The first-order valence-electron chi connectivity index (χ1n) is 8.78. The zero-order valence-corrected chi connectivity index (χ0v) is 16.6. The van der Waals surface area contributed by atoms with Crippen LogP contribution >= 0.6 is 0 Å². The van der Waals surface area contributed by atoms with Gasteiger partial charge in [-0.05, 0) is 35.7 Å². The number of benzene rings is 2. The largest absolute Gasteiger partial charge is 0.497 e. The highest BCUT2D eigenvalue weighted by Crippen LogP contribution is 2.38. The average Bonchev–Trinajstić information content (AvgIpc) is 2.75. The molecule has 152 valence electrons. The molecule has 0 aliphatic carbocycles. The topological polar surface area (TPSA) is 98.9 Å². The second-order valence-electron chi connectivity index (χ2n) is 6.17. The number of aromatic amines is 1. The van der Waals surface area contributed by atoms with E-state index < -0.39 is 0 Å². The third-order valence-corrected chi connectivity index (χ3v) is 4.50. The Kier molecular flexibility index (Phi) is 5.92. The van der Waals surface area contributed by atoms with E-state index in [2.05, 4.69) is 10.3 Å². The van der Waals surface area contributed by atoms with Gasteiger partial charge in [-0.1, -0.05) is 0 Å². The number of pyridine rings is 1. The van der Waals surface area contributed by atoms with Crippen LogP contribution in [-0.2, 0) is 6.54 Å². The molecule has 1 aromatic heterocycles. The molecule has 0 radical (unpaired) electrons. The standard InChI is InChI=1S/C21H22N2O6/c1-26-15-6-5-12-7-14(21(25)23-16(12)10-15)11-22-20(24)13-8-17(27-2)19(29-4)18(9-13)28-3/h5-10H,11H2,1-4H3,(H,22,24)(H,23,25). The Balaban J connectivity index is 1.83. The van der Waals surface area contributed by atoms with Crippen molar-refractivity contribution in [1.29, 1.82) is 0 Å². The molecule has 29 heavy (non-hydrogen) atoms. The smallest absolute Gasteiger partial charge is 0.253 e. The number of amides is 1. The van der Waals surface area contributed by atoms with Crippen LogP contribution in [0.4, 0.5) is 0 Å². The van der Waals surface area contributed by atoms with Crippen LogP contribution in [-0.4, -0.2) is 39.3 Å². The van der Waals surface area contributed by atoms with Crippen LogP contribution in [0.5, 0.6) is 23.0 Å². The van der Waals surface area contributed by atoms with E-state index in [1.807, 2.05) is 6.07 Å². The summed E-state index contributed by atoms with van der Waals surface area (Å²) in [6.45, 7) is 0.0623. The molecule has 0 aliphatic heterocycles. The van der Waals surface area contributed by atoms with Gasteiger partial charge in [-0.3, -0.25) is 9.59 Å². The van der Waals surface area contributed by atoms with E-state index in [-0.39, 0.29) is 18.0 Å². The maximum atomic E-state index is 12.6. The lowest BCUT2D eigenvalue weighted by atomic mass is 10.1. The summed E-state index contributed by atoms with van der Waals surface area (Å²) in [5.41, 5.74) is 1.13. The SMILES string of the molecule is COc1ccc2cc(CNC(=O)c3cc(OC)c(OC)c(OC)c3)c(=O)[nH]c2c1. The van der Waals surface area contributed by atoms with Gasteiger partial charge in [0, 0.05) is 23.7 Å². The van der Waals surface area contributed by atoms with Crippen LogP contribution in [0.25, 0.3) is 10.9 Å². The van der Waals surface area contributed by atoms with Gasteiger partial charge in [0.25, 0.3) is 11.5 Å². The molecule has 8 nitrogen and oxygen atoms in total. The summed E-state index contributed by atoms with van der Waals surface area (Å²) in [6.07, 6.45) is 0. The number of aromatic nitrogens is 1. The maximum Gasteiger partial charge on any atom is 0.253 e. The molecule has 0 saturated heterocycles. The number of rotatable bonds is 7. The zero-order valence-electron chi connectivity index (χ0n) is 16.6. The molecule has 0 spiro atoms. The summed E-state index contributed by atoms with van der Waals surface area (Å²) >= 11 is 0. The molecular weight excluding hydrogens is 376 g/mol. The molecule has 0 atom stereocenters. The summed E-state index contributed by atoms with van der Waals surface area (Å²) in [7, 11) is 6.00.